The number of carbonyl (C=O) groups is 3. The lowest BCUT2D eigenvalue weighted by molar-refractivity contribution is -0.135. The molecule has 6 nitrogen and oxygen atoms in total. The molecular weight excluding hydrogens is 306 g/mol. The molecule has 0 bridgehead atoms. The Kier molecular flexibility index (Phi) is 6.93. The average Bonchev–Trinajstić information content (AvgIpc) is 2.61. The Morgan fingerprint density at radius 2 is 1.83 bits per heavy atom. The van der Waals surface area contributed by atoms with Crippen molar-refractivity contribution >= 4 is 18.1 Å². The van der Waals surface area contributed by atoms with Gasteiger partial charge in [0, 0.05) is 38.2 Å². The van der Waals surface area contributed by atoms with Gasteiger partial charge in [0.25, 0.3) is 5.91 Å². The number of benzene rings is 1. The number of carbonyl (C=O) groups excluding carboxylic acids is 3. The van der Waals surface area contributed by atoms with Crippen molar-refractivity contribution in [2.24, 2.45) is 0 Å². The van der Waals surface area contributed by atoms with E-state index in [2.05, 4.69) is 10.2 Å². The summed E-state index contributed by atoms with van der Waals surface area (Å²) in [5, 5.41) is 2.84. The molecule has 1 aliphatic heterocycles. The maximum Gasteiger partial charge on any atom is 0.251 e. The first kappa shape index (κ1) is 18.1. The van der Waals surface area contributed by atoms with Crippen LogP contribution in [0.5, 0.6) is 0 Å². The van der Waals surface area contributed by atoms with Gasteiger partial charge >= 0.3 is 0 Å². The Labute approximate surface area is 142 Å². The number of amides is 2. The minimum Gasteiger partial charge on any atom is -0.340 e. The number of aldehydes is 1. The van der Waals surface area contributed by atoms with E-state index in [-0.39, 0.29) is 11.8 Å². The van der Waals surface area contributed by atoms with Gasteiger partial charge in [0.15, 0.2) is 0 Å². The number of likely N-dealkylation sites (N-methyl/N-ethyl adjacent to an activating group) is 1. The maximum atomic E-state index is 12.8. The molecule has 1 aromatic rings. The Balaban J connectivity index is 2.01. The first-order chi connectivity index (χ1) is 11.6. The van der Waals surface area contributed by atoms with E-state index in [0.29, 0.717) is 37.9 Å². The van der Waals surface area contributed by atoms with Gasteiger partial charge in [-0.3, -0.25) is 9.59 Å². The average molecular weight is 331 g/mol. The van der Waals surface area contributed by atoms with Crippen molar-refractivity contribution in [2.75, 3.05) is 33.2 Å². The molecule has 0 aliphatic carbocycles. The highest BCUT2D eigenvalue weighted by Crippen LogP contribution is 2.09. The molecule has 24 heavy (non-hydrogen) atoms. The molecule has 0 saturated carbocycles. The zero-order chi connectivity index (χ0) is 17.4. The van der Waals surface area contributed by atoms with Gasteiger partial charge in [-0.05, 0) is 32.0 Å². The zero-order valence-electron chi connectivity index (χ0n) is 14.1. The molecule has 1 N–H and O–H groups in total. The van der Waals surface area contributed by atoms with E-state index in [1.54, 1.807) is 29.2 Å². The van der Waals surface area contributed by atoms with Crippen LogP contribution in [0.15, 0.2) is 30.3 Å². The molecule has 0 aromatic heterocycles. The largest absolute Gasteiger partial charge is 0.340 e. The highest BCUT2D eigenvalue weighted by molar-refractivity contribution is 5.97. The van der Waals surface area contributed by atoms with E-state index in [1.165, 1.54) is 0 Å². The Morgan fingerprint density at radius 1 is 1.17 bits per heavy atom. The third-order valence-electron chi connectivity index (χ3n) is 4.27. The van der Waals surface area contributed by atoms with Crippen LogP contribution in [0, 0.1) is 0 Å². The number of nitrogens with one attached hydrogen (secondary N) is 1. The SMILES string of the molecule is CN1CCN(C(=O)[C@H](CCCC=O)NC(=O)c2ccccc2)CC1. The molecule has 1 aromatic carbocycles. The molecule has 1 aliphatic rings. The Hall–Kier alpha value is -2.21. The fourth-order valence-corrected chi connectivity index (χ4v) is 2.74. The Morgan fingerprint density at radius 3 is 2.46 bits per heavy atom. The highest BCUT2D eigenvalue weighted by atomic mass is 16.2. The van der Waals surface area contributed by atoms with Crippen LogP contribution in [-0.2, 0) is 9.59 Å². The van der Waals surface area contributed by atoms with E-state index in [9.17, 15) is 14.4 Å². The van der Waals surface area contributed by atoms with Gasteiger partial charge in [-0.2, -0.15) is 0 Å². The molecule has 0 unspecified atom stereocenters. The van der Waals surface area contributed by atoms with Crippen molar-refractivity contribution in [1.82, 2.24) is 15.1 Å². The topological polar surface area (TPSA) is 69.7 Å². The number of unbranched alkanes of at least 4 members (excludes halogenated alkanes) is 1. The van der Waals surface area contributed by atoms with Gasteiger partial charge in [-0.25, -0.2) is 0 Å². The fraction of sp³-hybridized carbons (Fsp3) is 0.500. The summed E-state index contributed by atoms with van der Waals surface area (Å²) in [6.45, 7) is 3.00. The quantitative estimate of drug-likeness (QED) is 0.596. The minimum atomic E-state index is -0.582. The number of nitrogens with zero attached hydrogens (tertiary/aromatic N) is 2. The van der Waals surface area contributed by atoms with Crippen LogP contribution in [0.2, 0.25) is 0 Å². The van der Waals surface area contributed by atoms with Crippen molar-refractivity contribution in [3.63, 3.8) is 0 Å². The second-order valence-corrected chi connectivity index (χ2v) is 6.12. The predicted molar refractivity (Wildman–Crippen MR) is 91.7 cm³/mol. The van der Waals surface area contributed by atoms with Crippen molar-refractivity contribution in [3.05, 3.63) is 35.9 Å². The summed E-state index contributed by atoms with van der Waals surface area (Å²) in [6.07, 6.45) is 2.30. The molecule has 2 amide bonds. The summed E-state index contributed by atoms with van der Waals surface area (Å²) in [5.41, 5.74) is 0.532. The van der Waals surface area contributed by atoms with E-state index in [0.717, 1.165) is 19.4 Å². The van der Waals surface area contributed by atoms with E-state index in [1.807, 2.05) is 13.1 Å². The molecule has 1 fully saturated rings. The van der Waals surface area contributed by atoms with Crippen molar-refractivity contribution in [3.8, 4) is 0 Å². The van der Waals surface area contributed by atoms with Gasteiger partial charge in [-0.1, -0.05) is 18.2 Å². The molecule has 1 saturated heterocycles. The van der Waals surface area contributed by atoms with Crippen LogP contribution in [0.25, 0.3) is 0 Å². The first-order valence-corrected chi connectivity index (χ1v) is 8.38. The first-order valence-electron chi connectivity index (χ1n) is 8.38. The van der Waals surface area contributed by atoms with Gasteiger partial charge in [0.2, 0.25) is 5.91 Å². The van der Waals surface area contributed by atoms with Crippen LogP contribution in [0.3, 0.4) is 0 Å². The van der Waals surface area contributed by atoms with Crippen molar-refractivity contribution in [2.45, 2.75) is 25.3 Å². The summed E-state index contributed by atoms with van der Waals surface area (Å²) in [5.74, 6) is -0.313. The lowest BCUT2D eigenvalue weighted by atomic mass is 10.1. The molecule has 0 spiro atoms. The van der Waals surface area contributed by atoms with Crippen LogP contribution >= 0.6 is 0 Å². The lowest BCUT2D eigenvalue weighted by Gasteiger charge is -2.34. The molecular formula is C18H25N3O3. The summed E-state index contributed by atoms with van der Waals surface area (Å²) < 4.78 is 0. The van der Waals surface area contributed by atoms with Crippen LogP contribution < -0.4 is 5.32 Å². The third-order valence-corrected chi connectivity index (χ3v) is 4.27. The van der Waals surface area contributed by atoms with Gasteiger partial charge in [-0.15, -0.1) is 0 Å². The van der Waals surface area contributed by atoms with E-state index in [4.69, 9.17) is 0 Å². The zero-order valence-corrected chi connectivity index (χ0v) is 14.1. The smallest absolute Gasteiger partial charge is 0.251 e. The van der Waals surface area contributed by atoms with E-state index >= 15 is 0 Å². The Bertz CT molecular complexity index is 554. The van der Waals surface area contributed by atoms with Gasteiger partial charge in [0.1, 0.15) is 12.3 Å². The lowest BCUT2D eigenvalue weighted by Crippen LogP contribution is -2.54. The summed E-state index contributed by atoms with van der Waals surface area (Å²) in [4.78, 5) is 39.7. The number of rotatable bonds is 7. The predicted octanol–water partition coefficient (Wildman–Crippen LogP) is 0.928. The van der Waals surface area contributed by atoms with E-state index < -0.39 is 6.04 Å². The van der Waals surface area contributed by atoms with Crippen molar-refractivity contribution < 1.29 is 14.4 Å². The summed E-state index contributed by atoms with van der Waals surface area (Å²) >= 11 is 0. The highest BCUT2D eigenvalue weighted by Gasteiger charge is 2.27. The molecule has 130 valence electrons. The molecule has 1 atom stereocenters. The molecule has 2 rings (SSSR count). The van der Waals surface area contributed by atoms with Gasteiger partial charge < -0.3 is 19.9 Å². The standard InChI is InChI=1S/C18H25N3O3/c1-20-10-12-21(13-11-20)18(24)16(9-5-6-14-22)19-17(23)15-7-3-2-4-8-15/h2-4,7-8,14,16H,5-6,9-13H2,1H3,(H,19,23)/t16-/m0/s1. The third kappa shape index (κ3) is 5.16. The molecule has 0 radical (unpaired) electrons. The van der Waals surface area contributed by atoms with Crippen LogP contribution in [-0.4, -0.2) is 67.2 Å². The maximum absolute atomic E-state index is 12.8. The second kappa shape index (κ2) is 9.17. The molecule has 6 heteroatoms. The normalized spacial score (nSPS) is 16.5. The minimum absolute atomic E-state index is 0.0571. The van der Waals surface area contributed by atoms with Gasteiger partial charge in [0.05, 0.1) is 0 Å². The number of hydrogen-bond donors (Lipinski definition) is 1. The second-order valence-electron chi connectivity index (χ2n) is 6.12. The summed E-state index contributed by atoms with van der Waals surface area (Å²) in [6, 6.07) is 8.28. The summed E-state index contributed by atoms with van der Waals surface area (Å²) in [7, 11) is 2.03. The number of piperazine rings is 1. The van der Waals surface area contributed by atoms with Crippen LogP contribution in [0.1, 0.15) is 29.6 Å². The number of hydrogen-bond acceptors (Lipinski definition) is 4. The monoisotopic (exact) mass is 331 g/mol. The fourth-order valence-electron chi connectivity index (χ4n) is 2.74. The van der Waals surface area contributed by atoms with Crippen molar-refractivity contribution in [1.29, 1.82) is 0 Å². The van der Waals surface area contributed by atoms with Crippen LogP contribution in [0.4, 0.5) is 0 Å². The molecule has 1 heterocycles.